The van der Waals surface area contributed by atoms with Gasteiger partial charge in [0.2, 0.25) is 5.95 Å². The van der Waals surface area contributed by atoms with Crippen LogP contribution in [0.4, 0.5) is 11.6 Å². The maximum absolute atomic E-state index is 13.9. The van der Waals surface area contributed by atoms with Crippen LogP contribution in [0.15, 0.2) is 72.2 Å². The summed E-state index contributed by atoms with van der Waals surface area (Å²) in [6.07, 6.45) is 1.43. The molecular weight excluding hydrogens is 581 g/mol. The molecule has 1 aliphatic rings. The smallest absolute Gasteiger partial charge is 0.255 e. The van der Waals surface area contributed by atoms with E-state index in [1.807, 2.05) is 26.0 Å². The molecule has 0 unspecified atom stereocenters. The Hall–Kier alpha value is -4.41. The van der Waals surface area contributed by atoms with Gasteiger partial charge in [-0.05, 0) is 55.8 Å². The number of nitrogens with one attached hydrogen (secondary N) is 2. The number of anilines is 2. The second kappa shape index (κ2) is 12.6. The van der Waals surface area contributed by atoms with Crippen LogP contribution < -0.4 is 29.6 Å². The van der Waals surface area contributed by atoms with Gasteiger partial charge in [0.1, 0.15) is 30.5 Å². The van der Waals surface area contributed by atoms with E-state index in [2.05, 4.69) is 20.7 Å². The normalized spacial score (nSPS) is 14.1. The lowest BCUT2D eigenvalue weighted by Crippen LogP contribution is -2.31. The lowest BCUT2D eigenvalue weighted by molar-refractivity contribution is -0.113. The predicted molar refractivity (Wildman–Crippen MR) is 161 cm³/mol. The Balaban J connectivity index is 1.50. The first kappa shape index (κ1) is 29.1. The second-order valence-corrected chi connectivity index (χ2v) is 10.1. The molecule has 0 spiro atoms. The van der Waals surface area contributed by atoms with Gasteiger partial charge in [0.15, 0.2) is 11.5 Å². The maximum Gasteiger partial charge on any atom is 0.255 e. The van der Waals surface area contributed by atoms with E-state index in [0.717, 1.165) is 5.56 Å². The summed E-state index contributed by atoms with van der Waals surface area (Å²) >= 11 is 12.7. The summed E-state index contributed by atoms with van der Waals surface area (Å²) in [6, 6.07) is 15.3. The summed E-state index contributed by atoms with van der Waals surface area (Å²) in [6.45, 7) is 4.24. The highest BCUT2D eigenvalue weighted by atomic mass is 35.5. The standard InChI is InChI=1S/C30H29Cl2N5O5/c1-5-41-26-13-18(9-12-24(26)42-15-20-21(31)7-6-8-22(20)32)28-27(17(2)35-30-33-16-34-37(28)30)29(38)36-23-11-10-19(39-3)14-25(23)40-4/h6-14,16,28H,5,15H2,1-4H3,(H,36,38)(H,33,34,35)/t28-/m0/s1. The minimum absolute atomic E-state index is 0.148. The van der Waals surface area contributed by atoms with Crippen LogP contribution in [0.25, 0.3) is 0 Å². The molecule has 10 nitrogen and oxygen atoms in total. The number of rotatable bonds is 10. The van der Waals surface area contributed by atoms with Gasteiger partial charge < -0.3 is 29.6 Å². The molecule has 0 saturated heterocycles. The Kier molecular flexibility index (Phi) is 8.75. The Morgan fingerprint density at radius 2 is 1.79 bits per heavy atom. The lowest BCUT2D eigenvalue weighted by Gasteiger charge is -2.29. The molecule has 1 atom stereocenters. The minimum atomic E-state index is -0.626. The Morgan fingerprint density at radius 1 is 1.00 bits per heavy atom. The molecule has 2 heterocycles. The van der Waals surface area contributed by atoms with Crippen molar-refractivity contribution >= 4 is 40.7 Å². The van der Waals surface area contributed by atoms with Gasteiger partial charge in [-0.3, -0.25) is 4.79 Å². The van der Waals surface area contributed by atoms with E-state index >= 15 is 0 Å². The number of aromatic nitrogens is 3. The van der Waals surface area contributed by atoms with Gasteiger partial charge >= 0.3 is 0 Å². The van der Waals surface area contributed by atoms with Crippen molar-refractivity contribution in [2.75, 3.05) is 31.5 Å². The Morgan fingerprint density at radius 3 is 2.50 bits per heavy atom. The molecule has 218 valence electrons. The molecule has 1 amide bonds. The lowest BCUT2D eigenvalue weighted by atomic mass is 9.94. The quantitative estimate of drug-likeness (QED) is 0.209. The van der Waals surface area contributed by atoms with Gasteiger partial charge in [-0.15, -0.1) is 0 Å². The highest BCUT2D eigenvalue weighted by Crippen LogP contribution is 2.40. The molecule has 3 aromatic carbocycles. The van der Waals surface area contributed by atoms with Crippen LogP contribution in [0.1, 0.15) is 31.0 Å². The van der Waals surface area contributed by atoms with Crippen molar-refractivity contribution in [3.63, 3.8) is 0 Å². The number of carbonyl (C=O) groups excluding carboxylic acids is 1. The first-order chi connectivity index (χ1) is 20.3. The van der Waals surface area contributed by atoms with Crippen molar-refractivity contribution in [3.05, 3.63) is 93.4 Å². The maximum atomic E-state index is 13.9. The van der Waals surface area contributed by atoms with E-state index in [-0.39, 0.29) is 12.5 Å². The number of hydrogen-bond acceptors (Lipinski definition) is 8. The molecule has 2 N–H and O–H groups in total. The van der Waals surface area contributed by atoms with Crippen LogP contribution in [-0.4, -0.2) is 41.5 Å². The topological polar surface area (TPSA) is 109 Å². The molecule has 0 bridgehead atoms. The second-order valence-electron chi connectivity index (χ2n) is 9.24. The molecular formula is C30H29Cl2N5O5. The van der Waals surface area contributed by atoms with Crippen molar-refractivity contribution in [2.24, 2.45) is 0 Å². The molecule has 1 aromatic heterocycles. The molecule has 0 aliphatic carbocycles. The first-order valence-corrected chi connectivity index (χ1v) is 13.8. The summed E-state index contributed by atoms with van der Waals surface area (Å²) in [5, 5.41) is 11.6. The van der Waals surface area contributed by atoms with Crippen LogP contribution in [0.5, 0.6) is 23.0 Å². The van der Waals surface area contributed by atoms with Crippen LogP contribution in [0, 0.1) is 0 Å². The molecule has 5 rings (SSSR count). The summed E-state index contributed by atoms with van der Waals surface area (Å²) in [4.78, 5) is 18.2. The third-order valence-corrected chi connectivity index (χ3v) is 7.42. The van der Waals surface area contributed by atoms with E-state index in [9.17, 15) is 4.79 Å². The van der Waals surface area contributed by atoms with Crippen LogP contribution >= 0.6 is 23.2 Å². The molecule has 0 fully saturated rings. The average Bonchev–Trinajstić information content (AvgIpc) is 3.45. The SMILES string of the molecule is CCOc1cc([C@H]2C(C(=O)Nc3ccc(OC)cc3OC)=C(C)Nc3ncnn32)ccc1OCc1c(Cl)cccc1Cl. The van der Waals surface area contributed by atoms with Crippen molar-refractivity contribution in [1.29, 1.82) is 0 Å². The molecule has 42 heavy (non-hydrogen) atoms. The molecule has 0 saturated carbocycles. The monoisotopic (exact) mass is 609 g/mol. The number of halogens is 2. The van der Waals surface area contributed by atoms with Gasteiger partial charge in [0, 0.05) is 27.4 Å². The number of nitrogens with zero attached hydrogens (tertiary/aromatic N) is 3. The minimum Gasteiger partial charge on any atom is -0.497 e. The number of carbonyl (C=O) groups is 1. The fourth-order valence-electron chi connectivity index (χ4n) is 4.69. The number of hydrogen-bond donors (Lipinski definition) is 2. The van der Waals surface area contributed by atoms with E-state index in [4.69, 9.17) is 42.1 Å². The predicted octanol–water partition coefficient (Wildman–Crippen LogP) is 6.51. The molecule has 12 heteroatoms. The number of allylic oxidation sites excluding steroid dienone is 1. The van der Waals surface area contributed by atoms with Gasteiger partial charge in [0.05, 0.1) is 32.1 Å². The van der Waals surface area contributed by atoms with Gasteiger partial charge in [-0.2, -0.15) is 10.1 Å². The van der Waals surface area contributed by atoms with Gasteiger partial charge in [0.25, 0.3) is 5.91 Å². The zero-order valence-electron chi connectivity index (χ0n) is 23.4. The highest BCUT2D eigenvalue weighted by Gasteiger charge is 2.34. The molecule has 4 aromatic rings. The van der Waals surface area contributed by atoms with Crippen molar-refractivity contribution < 1.29 is 23.7 Å². The number of fused-ring (bicyclic) bond motifs is 1. The van der Waals surface area contributed by atoms with Crippen LogP contribution in [0.2, 0.25) is 10.0 Å². The van der Waals surface area contributed by atoms with Gasteiger partial charge in [-0.25, -0.2) is 4.68 Å². The summed E-state index contributed by atoms with van der Waals surface area (Å²) in [5.41, 5.74) is 2.95. The van der Waals surface area contributed by atoms with Crippen molar-refractivity contribution in [1.82, 2.24) is 14.8 Å². The summed E-state index contributed by atoms with van der Waals surface area (Å²) in [5.74, 6) is 2.21. The van der Waals surface area contributed by atoms with E-state index < -0.39 is 6.04 Å². The third kappa shape index (κ3) is 5.81. The van der Waals surface area contributed by atoms with Crippen LogP contribution in [0.3, 0.4) is 0 Å². The van der Waals surface area contributed by atoms with Gasteiger partial charge in [-0.1, -0.05) is 35.3 Å². The number of ether oxygens (including phenoxy) is 4. The molecule has 1 aliphatic heterocycles. The van der Waals surface area contributed by atoms with Crippen LogP contribution in [-0.2, 0) is 11.4 Å². The third-order valence-electron chi connectivity index (χ3n) is 6.71. The number of benzene rings is 3. The van der Waals surface area contributed by atoms with Crippen molar-refractivity contribution in [2.45, 2.75) is 26.5 Å². The average molecular weight is 610 g/mol. The zero-order valence-corrected chi connectivity index (χ0v) is 24.9. The summed E-state index contributed by atoms with van der Waals surface area (Å²) in [7, 11) is 3.09. The van der Waals surface area contributed by atoms with E-state index in [0.29, 0.717) is 68.1 Å². The fourth-order valence-corrected chi connectivity index (χ4v) is 5.19. The first-order valence-electron chi connectivity index (χ1n) is 13.1. The number of methoxy groups -OCH3 is 2. The number of amides is 1. The Bertz CT molecular complexity index is 1630. The van der Waals surface area contributed by atoms with E-state index in [1.54, 1.807) is 54.3 Å². The van der Waals surface area contributed by atoms with Crippen molar-refractivity contribution in [3.8, 4) is 23.0 Å². The fraction of sp³-hybridized carbons (Fsp3) is 0.233. The molecule has 0 radical (unpaired) electrons. The van der Waals surface area contributed by atoms with E-state index in [1.165, 1.54) is 13.4 Å². The summed E-state index contributed by atoms with van der Waals surface area (Å²) < 4.78 is 24.5. The highest BCUT2D eigenvalue weighted by molar-refractivity contribution is 6.35. The zero-order chi connectivity index (χ0) is 29.8. The largest absolute Gasteiger partial charge is 0.497 e. The Labute approximate surface area is 253 Å².